The first-order chi connectivity index (χ1) is 17.5. The Bertz CT molecular complexity index is 420. The molecule has 0 aromatic heterocycles. The van der Waals surface area contributed by atoms with Crippen LogP contribution in [0, 0.1) is 5.41 Å². The Morgan fingerprint density at radius 3 is 1.06 bits per heavy atom. The van der Waals surface area contributed by atoms with Crippen LogP contribution in [0.1, 0.15) is 170 Å². The summed E-state index contributed by atoms with van der Waals surface area (Å²) >= 11 is 0. The van der Waals surface area contributed by atoms with E-state index in [1.54, 1.807) is 6.08 Å². The van der Waals surface area contributed by atoms with Gasteiger partial charge in [-0.25, -0.2) is 0 Å². The van der Waals surface area contributed by atoms with E-state index in [0.29, 0.717) is 19.8 Å². The third kappa shape index (κ3) is 17.2. The molecule has 3 heteroatoms. The van der Waals surface area contributed by atoms with Crippen molar-refractivity contribution in [2.45, 2.75) is 176 Å². The van der Waals surface area contributed by atoms with Crippen LogP contribution >= 0.6 is 0 Å². The molecule has 0 aromatic rings. The van der Waals surface area contributed by atoms with Gasteiger partial charge in [0.2, 0.25) is 0 Å². The summed E-state index contributed by atoms with van der Waals surface area (Å²) in [6.45, 7) is 20.3. The lowest BCUT2D eigenvalue weighted by molar-refractivity contribution is -0.432. The number of unbranched alkanes of at least 4 members (excludes halogenated alkanes) is 13. The lowest BCUT2D eigenvalue weighted by Crippen LogP contribution is -2.55. The Morgan fingerprint density at radius 1 is 0.472 bits per heavy atom. The molecule has 36 heavy (non-hydrogen) atoms. The van der Waals surface area contributed by atoms with Crippen molar-refractivity contribution in [1.82, 2.24) is 0 Å². The molecule has 218 valence electrons. The summed E-state index contributed by atoms with van der Waals surface area (Å²) in [6.07, 6.45) is 26.4. The molecule has 0 spiro atoms. The summed E-state index contributed by atoms with van der Waals surface area (Å²) in [5.74, 6) is -0.898. The lowest BCUT2D eigenvalue weighted by Gasteiger charge is -2.49. The van der Waals surface area contributed by atoms with E-state index in [0.717, 1.165) is 19.3 Å². The minimum Gasteiger partial charge on any atom is -0.327 e. The Kier molecular flexibility index (Phi) is 29.0. The molecule has 0 aliphatic carbocycles. The van der Waals surface area contributed by atoms with Crippen LogP contribution in [0.5, 0.6) is 0 Å². The maximum atomic E-state index is 6.45. The Hall–Kier alpha value is -0.380. The van der Waals surface area contributed by atoms with Gasteiger partial charge in [0.1, 0.15) is 0 Å². The van der Waals surface area contributed by atoms with E-state index in [1.165, 1.54) is 103 Å². The van der Waals surface area contributed by atoms with E-state index >= 15 is 0 Å². The van der Waals surface area contributed by atoms with Crippen molar-refractivity contribution in [3.8, 4) is 0 Å². The molecule has 0 aliphatic rings. The van der Waals surface area contributed by atoms with Gasteiger partial charge in [0.25, 0.3) is 5.97 Å². The second-order valence-corrected chi connectivity index (χ2v) is 10.4. The van der Waals surface area contributed by atoms with Gasteiger partial charge >= 0.3 is 0 Å². The van der Waals surface area contributed by atoms with E-state index in [1.807, 2.05) is 6.92 Å². The lowest BCUT2D eigenvalue weighted by atomic mass is 9.71. The van der Waals surface area contributed by atoms with E-state index in [2.05, 4.69) is 48.1 Å². The summed E-state index contributed by atoms with van der Waals surface area (Å²) in [5.41, 5.74) is -0.0575. The van der Waals surface area contributed by atoms with E-state index in [9.17, 15) is 0 Å². The number of hydrogen-bond donors (Lipinski definition) is 0. The van der Waals surface area contributed by atoms with Gasteiger partial charge in [-0.3, -0.25) is 0 Å². The molecular formula is C33H68O3. The molecule has 0 N–H and O–H groups in total. The minimum absolute atomic E-state index is 0.0575. The topological polar surface area (TPSA) is 27.7 Å². The first-order valence-electron chi connectivity index (χ1n) is 16.0. The molecule has 0 saturated heterocycles. The van der Waals surface area contributed by atoms with Crippen LogP contribution in [0.25, 0.3) is 0 Å². The molecule has 0 aliphatic heterocycles. The van der Waals surface area contributed by atoms with Crippen LogP contribution in [0.2, 0.25) is 0 Å². The smallest absolute Gasteiger partial charge is 0.288 e. The summed E-state index contributed by atoms with van der Waals surface area (Å²) < 4.78 is 19.3. The van der Waals surface area contributed by atoms with E-state index in [-0.39, 0.29) is 5.41 Å². The van der Waals surface area contributed by atoms with Crippen molar-refractivity contribution in [3.63, 3.8) is 0 Å². The maximum Gasteiger partial charge on any atom is 0.288 e. The highest BCUT2D eigenvalue weighted by molar-refractivity contribution is 4.89. The molecule has 1 atom stereocenters. The quantitative estimate of drug-likeness (QED) is 0.0655. The third-order valence-electron chi connectivity index (χ3n) is 7.18. The first kappa shape index (κ1) is 37.8. The predicted octanol–water partition coefficient (Wildman–Crippen LogP) is 11.4. The standard InChI is InChI=1S/C30H62O3.C3H6/c1-7-13-16-18-20-21-23-25-28-29(26-15-9-3,27-24-22-19-17-14-8-2)30(31-10-4,32-11-5)33-12-6;1-3-2/h7-28H2,1-6H3;3H,1H2,2H3. The Balaban J connectivity index is 0. The van der Waals surface area contributed by atoms with Crippen molar-refractivity contribution in [3.05, 3.63) is 12.7 Å². The van der Waals surface area contributed by atoms with Gasteiger partial charge in [-0.15, -0.1) is 6.58 Å². The SMILES string of the molecule is C=CC.CCCCCCCCCCC(CCCC)(CCCCCCCC)C(OCC)(OCC)OCC. The number of ether oxygens (including phenoxy) is 3. The normalized spacial score (nSPS) is 13.2. The van der Waals surface area contributed by atoms with Crippen LogP contribution in [-0.2, 0) is 14.2 Å². The number of allylic oxidation sites excluding steroid dienone is 1. The first-order valence-corrected chi connectivity index (χ1v) is 16.0. The highest BCUT2D eigenvalue weighted by atomic mass is 16.9. The van der Waals surface area contributed by atoms with E-state index < -0.39 is 5.97 Å². The van der Waals surface area contributed by atoms with Crippen LogP contribution in [0.15, 0.2) is 12.7 Å². The van der Waals surface area contributed by atoms with Gasteiger partial charge in [-0.1, -0.05) is 130 Å². The largest absolute Gasteiger partial charge is 0.327 e. The predicted molar refractivity (Wildman–Crippen MR) is 161 cm³/mol. The summed E-state index contributed by atoms with van der Waals surface area (Å²) in [4.78, 5) is 0. The van der Waals surface area contributed by atoms with Crippen LogP contribution in [0.3, 0.4) is 0 Å². The average molecular weight is 513 g/mol. The second kappa shape index (κ2) is 27.6. The molecule has 3 nitrogen and oxygen atoms in total. The van der Waals surface area contributed by atoms with E-state index in [4.69, 9.17) is 14.2 Å². The third-order valence-corrected chi connectivity index (χ3v) is 7.18. The fourth-order valence-corrected chi connectivity index (χ4v) is 5.34. The molecule has 0 saturated carbocycles. The highest BCUT2D eigenvalue weighted by Gasteiger charge is 2.53. The monoisotopic (exact) mass is 513 g/mol. The molecule has 0 aromatic carbocycles. The van der Waals surface area contributed by atoms with Crippen LogP contribution < -0.4 is 0 Å². The minimum atomic E-state index is -0.898. The molecule has 1 unspecified atom stereocenters. The second-order valence-electron chi connectivity index (χ2n) is 10.4. The molecule has 0 heterocycles. The average Bonchev–Trinajstić information content (AvgIpc) is 2.86. The molecule has 0 rings (SSSR count). The summed E-state index contributed by atoms with van der Waals surface area (Å²) in [6, 6.07) is 0. The van der Waals surface area contributed by atoms with Crippen molar-refractivity contribution in [2.75, 3.05) is 19.8 Å². The highest BCUT2D eigenvalue weighted by Crippen LogP contribution is 2.49. The van der Waals surface area contributed by atoms with Gasteiger partial charge in [-0.2, -0.15) is 0 Å². The maximum absolute atomic E-state index is 6.45. The summed E-state index contributed by atoms with van der Waals surface area (Å²) in [7, 11) is 0. The van der Waals surface area contributed by atoms with Crippen molar-refractivity contribution >= 4 is 0 Å². The molecule has 0 amide bonds. The van der Waals surface area contributed by atoms with Gasteiger partial charge in [0.05, 0.1) is 5.41 Å². The Morgan fingerprint density at radius 2 is 0.750 bits per heavy atom. The fraction of sp³-hybridized carbons (Fsp3) is 0.939. The molecule has 0 bridgehead atoms. The van der Waals surface area contributed by atoms with Crippen molar-refractivity contribution in [1.29, 1.82) is 0 Å². The zero-order chi connectivity index (χ0) is 27.4. The molecule has 0 fully saturated rings. The Labute approximate surface area is 228 Å². The van der Waals surface area contributed by atoms with Crippen molar-refractivity contribution < 1.29 is 14.2 Å². The summed E-state index contributed by atoms with van der Waals surface area (Å²) in [5, 5.41) is 0. The fourth-order valence-electron chi connectivity index (χ4n) is 5.34. The van der Waals surface area contributed by atoms with Crippen LogP contribution in [-0.4, -0.2) is 25.8 Å². The number of rotatable bonds is 26. The van der Waals surface area contributed by atoms with Gasteiger partial charge in [0.15, 0.2) is 0 Å². The van der Waals surface area contributed by atoms with Crippen LogP contribution in [0.4, 0.5) is 0 Å². The molecular weight excluding hydrogens is 444 g/mol. The zero-order valence-electron chi connectivity index (χ0n) is 26.1. The van der Waals surface area contributed by atoms with Gasteiger partial charge in [0, 0.05) is 19.8 Å². The number of hydrogen-bond acceptors (Lipinski definition) is 3. The zero-order valence-corrected chi connectivity index (χ0v) is 26.1. The molecule has 0 radical (unpaired) electrons. The van der Waals surface area contributed by atoms with Gasteiger partial charge < -0.3 is 14.2 Å². The van der Waals surface area contributed by atoms with Gasteiger partial charge in [-0.05, 0) is 47.0 Å². The van der Waals surface area contributed by atoms with Crippen molar-refractivity contribution in [2.24, 2.45) is 5.41 Å².